The second-order valence-corrected chi connectivity index (χ2v) is 8.74. The molecule has 2 aromatic carbocycles. The van der Waals surface area contributed by atoms with Crippen LogP contribution in [0, 0.1) is 13.8 Å². The van der Waals surface area contributed by atoms with Crippen LogP contribution in [0.25, 0.3) is 11.3 Å². The van der Waals surface area contributed by atoms with Gasteiger partial charge in [0, 0.05) is 22.5 Å². The average Bonchev–Trinajstić information content (AvgIpc) is 3.41. The normalized spacial score (nSPS) is 18.1. The van der Waals surface area contributed by atoms with Crippen molar-refractivity contribution in [2.75, 3.05) is 4.90 Å². The average molecular weight is 460 g/mol. The Kier molecular flexibility index (Phi) is 5.45. The summed E-state index contributed by atoms with van der Waals surface area (Å²) in [7, 11) is 0. The van der Waals surface area contributed by atoms with E-state index >= 15 is 0 Å². The van der Waals surface area contributed by atoms with Gasteiger partial charge in [0.05, 0.1) is 11.7 Å². The van der Waals surface area contributed by atoms with Gasteiger partial charge in [-0.1, -0.05) is 47.5 Å². The third-order valence-corrected chi connectivity index (χ3v) is 6.59. The molecule has 0 amide bonds. The van der Waals surface area contributed by atoms with Gasteiger partial charge in [-0.2, -0.15) is 0 Å². The molecular formula is C26H22ClN3OS. The lowest BCUT2D eigenvalue weighted by atomic mass is 10.0. The van der Waals surface area contributed by atoms with Gasteiger partial charge < -0.3 is 14.6 Å². The Bertz CT molecular complexity index is 1270. The largest absolute Gasteiger partial charge is 0.459 e. The molecule has 0 bridgehead atoms. The molecule has 6 heteroatoms. The molecule has 160 valence electrons. The van der Waals surface area contributed by atoms with Gasteiger partial charge in [-0.3, -0.25) is 4.98 Å². The van der Waals surface area contributed by atoms with Crippen LogP contribution in [0.4, 0.5) is 5.69 Å². The molecule has 4 nitrogen and oxygen atoms in total. The van der Waals surface area contributed by atoms with Crippen molar-refractivity contribution >= 4 is 34.6 Å². The Morgan fingerprint density at radius 2 is 1.78 bits per heavy atom. The summed E-state index contributed by atoms with van der Waals surface area (Å²) in [5.74, 6) is 1.59. The van der Waals surface area contributed by atoms with Crippen LogP contribution in [0.2, 0.25) is 5.02 Å². The number of hydrogen-bond acceptors (Lipinski definition) is 3. The summed E-state index contributed by atoms with van der Waals surface area (Å²) in [5, 5.41) is 4.83. The van der Waals surface area contributed by atoms with Crippen LogP contribution < -0.4 is 10.2 Å². The fourth-order valence-electron chi connectivity index (χ4n) is 4.16. The van der Waals surface area contributed by atoms with E-state index in [0.29, 0.717) is 5.11 Å². The lowest BCUT2D eigenvalue weighted by Gasteiger charge is -2.26. The zero-order valence-corrected chi connectivity index (χ0v) is 19.3. The molecular weight excluding hydrogens is 438 g/mol. The van der Waals surface area contributed by atoms with E-state index in [1.54, 1.807) is 6.20 Å². The van der Waals surface area contributed by atoms with Gasteiger partial charge in [0.1, 0.15) is 17.6 Å². The molecule has 1 fully saturated rings. The van der Waals surface area contributed by atoms with Crippen molar-refractivity contribution < 1.29 is 4.42 Å². The lowest BCUT2D eigenvalue weighted by molar-refractivity contribution is 0.439. The fourth-order valence-corrected chi connectivity index (χ4v) is 4.68. The molecule has 2 atom stereocenters. The highest BCUT2D eigenvalue weighted by molar-refractivity contribution is 7.80. The molecule has 0 saturated carbocycles. The van der Waals surface area contributed by atoms with Crippen LogP contribution in [-0.4, -0.2) is 10.1 Å². The van der Waals surface area contributed by atoms with Crippen LogP contribution in [0.3, 0.4) is 0 Å². The number of thiocarbonyl (C=S) groups is 1. The number of rotatable bonds is 4. The van der Waals surface area contributed by atoms with Crippen molar-refractivity contribution in [2.45, 2.75) is 25.9 Å². The van der Waals surface area contributed by atoms with Crippen LogP contribution in [0.5, 0.6) is 0 Å². The molecule has 0 spiro atoms. The Morgan fingerprint density at radius 1 is 0.969 bits per heavy atom. The fraction of sp³-hybridized carbons (Fsp3) is 0.154. The third kappa shape index (κ3) is 3.68. The monoisotopic (exact) mass is 459 g/mol. The summed E-state index contributed by atoms with van der Waals surface area (Å²) >= 11 is 12.1. The van der Waals surface area contributed by atoms with E-state index in [9.17, 15) is 0 Å². The van der Waals surface area contributed by atoms with Gasteiger partial charge in [-0.15, -0.1) is 0 Å². The van der Waals surface area contributed by atoms with Gasteiger partial charge in [-0.25, -0.2) is 0 Å². The maximum absolute atomic E-state index is 6.44. The third-order valence-electron chi connectivity index (χ3n) is 5.86. The van der Waals surface area contributed by atoms with E-state index in [4.69, 9.17) is 28.2 Å². The number of furan rings is 1. The standard InChI is InChI=1S/C26H22ClN3OS/c1-16-9-11-18(12-10-16)30-25(24(29-26(30)32)21-8-3-4-15-28-21)23-14-13-22(31-23)19-6-5-7-20(27)17(19)2/h3-15,24-25H,1-2H3,(H,29,32)/t24-,25+/m1/s1. The molecule has 1 saturated heterocycles. The molecule has 4 aromatic rings. The molecule has 1 N–H and O–H groups in total. The van der Waals surface area contributed by atoms with Crippen molar-refractivity contribution in [3.8, 4) is 11.3 Å². The number of anilines is 1. The topological polar surface area (TPSA) is 41.3 Å². The highest BCUT2D eigenvalue weighted by Gasteiger charge is 2.42. The first-order valence-corrected chi connectivity index (χ1v) is 11.2. The van der Waals surface area contributed by atoms with Crippen molar-refractivity contribution in [1.82, 2.24) is 10.3 Å². The molecule has 0 unspecified atom stereocenters. The lowest BCUT2D eigenvalue weighted by Crippen LogP contribution is -2.29. The predicted octanol–water partition coefficient (Wildman–Crippen LogP) is 6.79. The number of nitrogens with zero attached hydrogens (tertiary/aromatic N) is 2. The van der Waals surface area contributed by atoms with E-state index in [0.717, 1.165) is 39.1 Å². The van der Waals surface area contributed by atoms with Crippen molar-refractivity contribution in [3.63, 3.8) is 0 Å². The van der Waals surface area contributed by atoms with Crippen molar-refractivity contribution in [2.24, 2.45) is 0 Å². The van der Waals surface area contributed by atoms with Crippen LogP contribution in [-0.2, 0) is 0 Å². The molecule has 3 heterocycles. The number of pyridine rings is 1. The highest BCUT2D eigenvalue weighted by Crippen LogP contribution is 2.43. The molecule has 1 aliphatic heterocycles. The number of aromatic nitrogens is 1. The second-order valence-electron chi connectivity index (χ2n) is 7.95. The van der Waals surface area contributed by atoms with E-state index < -0.39 is 0 Å². The maximum Gasteiger partial charge on any atom is 0.174 e. The number of halogens is 1. The Labute approximate surface area is 197 Å². The quantitative estimate of drug-likeness (QED) is 0.340. The SMILES string of the molecule is Cc1ccc(N2C(=S)N[C@H](c3ccccn3)[C@@H]2c2ccc(-c3cccc(Cl)c3C)o2)cc1. The molecule has 32 heavy (non-hydrogen) atoms. The van der Waals surface area contributed by atoms with E-state index in [1.165, 1.54) is 5.56 Å². The zero-order valence-electron chi connectivity index (χ0n) is 17.7. The van der Waals surface area contributed by atoms with Gasteiger partial charge >= 0.3 is 0 Å². The summed E-state index contributed by atoms with van der Waals surface area (Å²) in [5.41, 5.74) is 5.08. The predicted molar refractivity (Wildman–Crippen MR) is 133 cm³/mol. The summed E-state index contributed by atoms with van der Waals surface area (Å²) < 4.78 is 6.44. The van der Waals surface area contributed by atoms with E-state index in [1.807, 2.05) is 55.5 Å². The molecule has 0 radical (unpaired) electrons. The maximum atomic E-state index is 6.44. The molecule has 0 aliphatic carbocycles. The van der Waals surface area contributed by atoms with Crippen LogP contribution >= 0.6 is 23.8 Å². The summed E-state index contributed by atoms with van der Waals surface area (Å²) in [6.07, 6.45) is 1.80. The first-order valence-electron chi connectivity index (χ1n) is 10.5. The minimum Gasteiger partial charge on any atom is -0.459 e. The van der Waals surface area contributed by atoms with Gasteiger partial charge in [0.15, 0.2) is 5.11 Å². The van der Waals surface area contributed by atoms with Crippen LogP contribution in [0.15, 0.2) is 83.4 Å². The van der Waals surface area contributed by atoms with Crippen molar-refractivity contribution in [3.05, 3.63) is 107 Å². The molecule has 5 rings (SSSR count). The number of benzene rings is 2. The Hall–Kier alpha value is -3.15. The Balaban J connectivity index is 1.61. The number of nitrogens with one attached hydrogen (secondary N) is 1. The van der Waals surface area contributed by atoms with Crippen LogP contribution in [0.1, 0.15) is 34.7 Å². The summed E-state index contributed by atoms with van der Waals surface area (Å²) in [6.45, 7) is 4.08. The second kappa shape index (κ2) is 8.41. The highest BCUT2D eigenvalue weighted by atomic mass is 35.5. The zero-order chi connectivity index (χ0) is 22.2. The summed E-state index contributed by atoms with van der Waals surface area (Å²) in [6, 6.07) is 23.8. The Morgan fingerprint density at radius 3 is 2.53 bits per heavy atom. The van der Waals surface area contributed by atoms with Gasteiger partial charge in [-0.05, 0) is 74.1 Å². The number of aryl methyl sites for hydroxylation is 1. The van der Waals surface area contributed by atoms with Crippen molar-refractivity contribution in [1.29, 1.82) is 0 Å². The van der Waals surface area contributed by atoms with E-state index in [-0.39, 0.29) is 12.1 Å². The first-order chi connectivity index (χ1) is 15.5. The minimum atomic E-state index is -0.187. The number of hydrogen-bond donors (Lipinski definition) is 1. The van der Waals surface area contributed by atoms with Gasteiger partial charge in [0.2, 0.25) is 0 Å². The smallest absolute Gasteiger partial charge is 0.174 e. The minimum absolute atomic E-state index is 0.149. The molecule has 2 aromatic heterocycles. The summed E-state index contributed by atoms with van der Waals surface area (Å²) in [4.78, 5) is 6.71. The van der Waals surface area contributed by atoms with E-state index in [2.05, 4.69) is 46.4 Å². The van der Waals surface area contributed by atoms with Gasteiger partial charge in [0.25, 0.3) is 0 Å². The molecule has 1 aliphatic rings. The first kappa shape index (κ1) is 20.7.